The van der Waals surface area contributed by atoms with E-state index in [0.717, 1.165) is 43.6 Å². The van der Waals surface area contributed by atoms with Crippen molar-refractivity contribution in [1.82, 2.24) is 14.8 Å². The van der Waals surface area contributed by atoms with E-state index in [1.54, 1.807) is 6.20 Å². The summed E-state index contributed by atoms with van der Waals surface area (Å²) in [6.07, 6.45) is 3.17. The van der Waals surface area contributed by atoms with Gasteiger partial charge in [0.05, 0.1) is 18.8 Å². The summed E-state index contributed by atoms with van der Waals surface area (Å²) in [6.45, 7) is 4.51. The number of hydrogen-bond donors (Lipinski definition) is 1. The minimum absolute atomic E-state index is 0.248. The maximum absolute atomic E-state index is 12.9. The van der Waals surface area contributed by atoms with Gasteiger partial charge < -0.3 is 15.2 Å². The molecule has 0 saturated carbocycles. The lowest BCUT2D eigenvalue weighted by Gasteiger charge is -2.50. The number of piperidine rings is 1. The standard InChI is InChI=1S/C22H28N4O3/c23-20-19(7-4-10-24-20)15-25-11-8-22(9-12-25)17-28-14-13-26(22)21(27)29-16-18-5-2-1-3-6-18/h1-7,10H,8-9,11-17H2,(H2,23,24). The van der Waals surface area contributed by atoms with Crippen LogP contribution in [0.5, 0.6) is 0 Å². The number of rotatable bonds is 4. The predicted molar refractivity (Wildman–Crippen MR) is 110 cm³/mol. The summed E-state index contributed by atoms with van der Waals surface area (Å²) < 4.78 is 11.4. The van der Waals surface area contributed by atoms with Crippen molar-refractivity contribution in [2.24, 2.45) is 0 Å². The van der Waals surface area contributed by atoms with E-state index in [0.29, 0.717) is 32.2 Å². The minimum atomic E-state index is -0.289. The predicted octanol–water partition coefficient (Wildman–Crippen LogP) is 2.67. The van der Waals surface area contributed by atoms with E-state index in [4.69, 9.17) is 15.2 Å². The molecule has 154 valence electrons. The Morgan fingerprint density at radius 3 is 2.69 bits per heavy atom. The molecule has 2 aliphatic heterocycles. The van der Waals surface area contributed by atoms with Gasteiger partial charge in [-0.05, 0) is 24.5 Å². The summed E-state index contributed by atoms with van der Waals surface area (Å²) in [5.74, 6) is 0.583. The van der Waals surface area contributed by atoms with Crippen molar-refractivity contribution in [1.29, 1.82) is 0 Å². The van der Waals surface area contributed by atoms with Gasteiger partial charge in [-0.1, -0.05) is 36.4 Å². The maximum Gasteiger partial charge on any atom is 0.410 e. The number of nitrogens with two attached hydrogens (primary N) is 1. The first-order valence-electron chi connectivity index (χ1n) is 10.1. The third-order valence-corrected chi connectivity index (χ3v) is 5.93. The van der Waals surface area contributed by atoms with Gasteiger partial charge in [-0.25, -0.2) is 9.78 Å². The first-order valence-corrected chi connectivity index (χ1v) is 10.1. The van der Waals surface area contributed by atoms with Crippen LogP contribution in [0.3, 0.4) is 0 Å². The van der Waals surface area contributed by atoms with Crippen LogP contribution in [0.15, 0.2) is 48.7 Å². The van der Waals surface area contributed by atoms with Crippen LogP contribution in [0.2, 0.25) is 0 Å². The number of benzene rings is 1. The zero-order valence-corrected chi connectivity index (χ0v) is 16.6. The number of carbonyl (C=O) groups is 1. The average Bonchev–Trinajstić information content (AvgIpc) is 2.76. The Labute approximate surface area is 171 Å². The third kappa shape index (κ3) is 4.52. The molecule has 2 saturated heterocycles. The molecule has 7 nitrogen and oxygen atoms in total. The van der Waals surface area contributed by atoms with Crippen molar-refractivity contribution in [3.8, 4) is 0 Å². The first-order chi connectivity index (χ1) is 14.2. The van der Waals surface area contributed by atoms with Gasteiger partial charge in [0.1, 0.15) is 12.4 Å². The topological polar surface area (TPSA) is 80.9 Å². The average molecular weight is 396 g/mol. The Balaban J connectivity index is 1.37. The van der Waals surface area contributed by atoms with Crippen molar-refractivity contribution in [2.75, 3.05) is 38.6 Å². The van der Waals surface area contributed by atoms with Crippen LogP contribution in [-0.2, 0) is 22.6 Å². The van der Waals surface area contributed by atoms with Gasteiger partial charge in [0.2, 0.25) is 0 Å². The summed E-state index contributed by atoms with van der Waals surface area (Å²) in [4.78, 5) is 21.3. The molecule has 2 aliphatic rings. The largest absolute Gasteiger partial charge is 0.445 e. The zero-order chi connectivity index (χ0) is 20.1. The summed E-state index contributed by atoms with van der Waals surface area (Å²) in [5.41, 5.74) is 7.74. The van der Waals surface area contributed by atoms with Crippen molar-refractivity contribution >= 4 is 11.9 Å². The fraction of sp³-hybridized carbons (Fsp3) is 0.455. The molecule has 1 spiro atoms. The van der Waals surface area contributed by atoms with Crippen molar-refractivity contribution in [2.45, 2.75) is 31.5 Å². The van der Waals surface area contributed by atoms with Crippen LogP contribution in [0.25, 0.3) is 0 Å². The quantitative estimate of drug-likeness (QED) is 0.856. The number of pyridine rings is 1. The second-order valence-corrected chi connectivity index (χ2v) is 7.79. The molecule has 0 atom stereocenters. The molecule has 0 radical (unpaired) electrons. The maximum atomic E-state index is 12.9. The van der Waals surface area contributed by atoms with E-state index in [9.17, 15) is 4.79 Å². The molecule has 2 aromatic rings. The minimum Gasteiger partial charge on any atom is -0.445 e. The third-order valence-electron chi connectivity index (χ3n) is 5.93. The molecule has 0 bridgehead atoms. The molecule has 1 aromatic heterocycles. The highest BCUT2D eigenvalue weighted by molar-refractivity contribution is 5.69. The second-order valence-electron chi connectivity index (χ2n) is 7.79. The molecular weight excluding hydrogens is 368 g/mol. The summed E-state index contributed by atoms with van der Waals surface area (Å²) in [7, 11) is 0. The number of nitrogen functional groups attached to an aromatic ring is 1. The number of hydrogen-bond acceptors (Lipinski definition) is 6. The Bertz CT molecular complexity index is 822. The summed E-state index contributed by atoms with van der Waals surface area (Å²) in [5, 5.41) is 0. The zero-order valence-electron chi connectivity index (χ0n) is 16.6. The lowest BCUT2D eigenvalue weighted by molar-refractivity contribution is -0.0871. The Kier molecular flexibility index (Phi) is 5.97. The van der Waals surface area contributed by atoms with Crippen LogP contribution < -0.4 is 5.73 Å². The molecule has 2 fully saturated rings. The fourth-order valence-corrected chi connectivity index (χ4v) is 4.18. The van der Waals surface area contributed by atoms with Gasteiger partial charge in [-0.3, -0.25) is 9.80 Å². The molecule has 0 unspecified atom stereocenters. The normalized spacial score (nSPS) is 19.2. The molecular formula is C22H28N4O3. The van der Waals surface area contributed by atoms with E-state index >= 15 is 0 Å². The second kappa shape index (κ2) is 8.80. The van der Waals surface area contributed by atoms with Crippen LogP contribution in [0, 0.1) is 0 Å². The number of aromatic nitrogens is 1. The van der Waals surface area contributed by atoms with Crippen LogP contribution in [0.1, 0.15) is 24.0 Å². The molecule has 0 aliphatic carbocycles. The van der Waals surface area contributed by atoms with Gasteiger partial charge in [0, 0.05) is 37.9 Å². The monoisotopic (exact) mass is 396 g/mol. The Hall–Kier alpha value is -2.64. The molecule has 1 aromatic carbocycles. The number of ether oxygens (including phenoxy) is 2. The molecule has 4 rings (SSSR count). The highest BCUT2D eigenvalue weighted by atomic mass is 16.6. The van der Waals surface area contributed by atoms with Crippen LogP contribution in [-0.4, -0.2) is 59.3 Å². The summed E-state index contributed by atoms with van der Waals surface area (Å²) >= 11 is 0. The lowest BCUT2D eigenvalue weighted by Crippen LogP contribution is -2.63. The van der Waals surface area contributed by atoms with Gasteiger partial charge in [0.25, 0.3) is 0 Å². The van der Waals surface area contributed by atoms with Crippen molar-refractivity contribution in [3.05, 3.63) is 59.8 Å². The number of morpholine rings is 1. The first kappa shape index (κ1) is 19.7. The van der Waals surface area contributed by atoms with Crippen molar-refractivity contribution < 1.29 is 14.3 Å². The number of nitrogens with zero attached hydrogens (tertiary/aromatic N) is 3. The molecule has 3 heterocycles. The Morgan fingerprint density at radius 1 is 1.14 bits per heavy atom. The number of amides is 1. The number of anilines is 1. The van der Waals surface area contributed by atoms with Gasteiger partial charge in [-0.2, -0.15) is 0 Å². The van der Waals surface area contributed by atoms with Crippen LogP contribution in [0.4, 0.5) is 10.6 Å². The van der Waals surface area contributed by atoms with Gasteiger partial charge in [-0.15, -0.1) is 0 Å². The lowest BCUT2D eigenvalue weighted by atomic mass is 9.85. The number of carbonyl (C=O) groups excluding carboxylic acids is 1. The van der Waals surface area contributed by atoms with E-state index in [1.807, 2.05) is 47.4 Å². The smallest absolute Gasteiger partial charge is 0.410 e. The molecule has 1 amide bonds. The van der Waals surface area contributed by atoms with Gasteiger partial charge in [0.15, 0.2) is 0 Å². The number of likely N-dealkylation sites (tertiary alicyclic amines) is 1. The molecule has 7 heteroatoms. The van der Waals surface area contributed by atoms with E-state index in [1.165, 1.54) is 0 Å². The van der Waals surface area contributed by atoms with Crippen LogP contribution >= 0.6 is 0 Å². The highest BCUT2D eigenvalue weighted by Gasteiger charge is 2.45. The SMILES string of the molecule is Nc1ncccc1CN1CCC2(CC1)COCCN2C(=O)OCc1ccccc1. The highest BCUT2D eigenvalue weighted by Crippen LogP contribution is 2.33. The van der Waals surface area contributed by atoms with E-state index < -0.39 is 0 Å². The van der Waals surface area contributed by atoms with Gasteiger partial charge >= 0.3 is 6.09 Å². The van der Waals surface area contributed by atoms with Crippen molar-refractivity contribution in [3.63, 3.8) is 0 Å². The van der Waals surface area contributed by atoms with E-state index in [-0.39, 0.29) is 11.6 Å². The van der Waals surface area contributed by atoms with E-state index in [2.05, 4.69) is 9.88 Å². The molecule has 2 N–H and O–H groups in total. The molecule has 29 heavy (non-hydrogen) atoms. The fourth-order valence-electron chi connectivity index (χ4n) is 4.18. The Morgan fingerprint density at radius 2 is 1.93 bits per heavy atom. The summed E-state index contributed by atoms with van der Waals surface area (Å²) in [6, 6.07) is 13.7.